The molecule has 3 rings (SSSR count). The highest BCUT2D eigenvalue weighted by Gasteiger charge is 2.27. The molecule has 2 aromatic rings. The molecule has 0 unspecified atom stereocenters. The summed E-state index contributed by atoms with van der Waals surface area (Å²) in [6.45, 7) is 1.10. The lowest BCUT2D eigenvalue weighted by Crippen LogP contribution is -2.50. The van der Waals surface area contributed by atoms with E-state index >= 15 is 0 Å². The van der Waals surface area contributed by atoms with E-state index in [1.807, 2.05) is 4.90 Å². The third-order valence-electron chi connectivity index (χ3n) is 4.82. The summed E-state index contributed by atoms with van der Waals surface area (Å²) >= 11 is 9.17. The number of esters is 1. The molecule has 11 heteroatoms. The molecule has 1 amide bonds. The molecule has 31 heavy (non-hydrogen) atoms. The number of hydrogen-bond acceptors (Lipinski definition) is 7. The van der Waals surface area contributed by atoms with Crippen LogP contribution in [0.5, 0.6) is 5.75 Å². The lowest BCUT2D eigenvalue weighted by atomic mass is 10.2. The van der Waals surface area contributed by atoms with Crippen molar-refractivity contribution < 1.29 is 24.0 Å². The van der Waals surface area contributed by atoms with Crippen molar-refractivity contribution in [3.05, 3.63) is 61.6 Å². The maximum Gasteiger partial charge on any atom is 0.342 e. The Labute approximate surface area is 191 Å². The number of methoxy groups -OCH3 is 1. The van der Waals surface area contributed by atoms with Gasteiger partial charge < -0.3 is 19.3 Å². The molecule has 1 aliphatic rings. The van der Waals surface area contributed by atoms with E-state index in [0.29, 0.717) is 37.6 Å². The minimum atomic E-state index is -0.659. The maximum atomic E-state index is 12.5. The number of anilines is 1. The largest absolute Gasteiger partial charge is 0.496 e. The molecule has 1 heterocycles. The SMILES string of the molecule is COc1cc(Br)ccc1C(=O)OCC(=O)N1CCN(c2ccc(Cl)cc2[N+](=O)[O-])CC1. The topological polar surface area (TPSA) is 102 Å². The zero-order chi connectivity index (χ0) is 22.5. The van der Waals surface area contributed by atoms with E-state index in [4.69, 9.17) is 21.1 Å². The monoisotopic (exact) mass is 511 g/mol. The van der Waals surface area contributed by atoms with E-state index in [0.717, 1.165) is 4.47 Å². The van der Waals surface area contributed by atoms with E-state index < -0.39 is 17.5 Å². The zero-order valence-corrected chi connectivity index (χ0v) is 18.9. The average Bonchev–Trinajstić information content (AvgIpc) is 2.77. The van der Waals surface area contributed by atoms with Crippen molar-refractivity contribution >= 4 is 50.8 Å². The summed E-state index contributed by atoms with van der Waals surface area (Å²) in [5, 5.41) is 11.6. The number of benzene rings is 2. The number of carbonyl (C=O) groups excluding carboxylic acids is 2. The second-order valence-corrected chi connectivity index (χ2v) is 8.03. The molecule has 0 aromatic heterocycles. The second-order valence-electron chi connectivity index (χ2n) is 6.68. The Balaban J connectivity index is 1.57. The fourth-order valence-corrected chi connectivity index (χ4v) is 3.74. The van der Waals surface area contributed by atoms with Crippen LogP contribution in [0.1, 0.15) is 10.4 Å². The van der Waals surface area contributed by atoms with Crippen molar-refractivity contribution in [2.24, 2.45) is 0 Å². The normalized spacial score (nSPS) is 13.6. The Morgan fingerprint density at radius 3 is 2.52 bits per heavy atom. The summed E-state index contributed by atoms with van der Waals surface area (Å²) in [5.74, 6) is -0.659. The summed E-state index contributed by atoms with van der Waals surface area (Å²) in [7, 11) is 1.44. The quantitative estimate of drug-likeness (QED) is 0.331. The van der Waals surface area contributed by atoms with Gasteiger partial charge in [0.2, 0.25) is 0 Å². The van der Waals surface area contributed by atoms with Gasteiger partial charge in [-0.1, -0.05) is 27.5 Å². The van der Waals surface area contributed by atoms with Crippen LogP contribution in [0.3, 0.4) is 0 Å². The number of piperazine rings is 1. The van der Waals surface area contributed by atoms with Crippen LogP contribution in [-0.4, -0.2) is 61.6 Å². The van der Waals surface area contributed by atoms with E-state index in [1.165, 1.54) is 13.2 Å². The van der Waals surface area contributed by atoms with Gasteiger partial charge in [-0.05, 0) is 30.3 Å². The number of halogens is 2. The van der Waals surface area contributed by atoms with E-state index in [2.05, 4.69) is 15.9 Å². The molecule has 0 bridgehead atoms. The van der Waals surface area contributed by atoms with Crippen LogP contribution in [0, 0.1) is 10.1 Å². The molecule has 164 valence electrons. The number of ether oxygens (including phenoxy) is 2. The Morgan fingerprint density at radius 2 is 1.87 bits per heavy atom. The molecule has 1 fully saturated rings. The smallest absolute Gasteiger partial charge is 0.342 e. The number of amides is 1. The van der Waals surface area contributed by atoms with Crippen LogP contribution in [0.2, 0.25) is 5.02 Å². The Hall–Kier alpha value is -2.85. The molecular formula is C20H19BrClN3O6. The van der Waals surface area contributed by atoms with Gasteiger partial charge in [0, 0.05) is 41.7 Å². The van der Waals surface area contributed by atoms with Crippen LogP contribution in [0.4, 0.5) is 11.4 Å². The minimum absolute atomic E-state index is 0.0790. The number of nitrogens with zero attached hydrogens (tertiary/aromatic N) is 3. The van der Waals surface area contributed by atoms with E-state index in [-0.39, 0.29) is 22.2 Å². The van der Waals surface area contributed by atoms with Gasteiger partial charge in [-0.15, -0.1) is 0 Å². The lowest BCUT2D eigenvalue weighted by molar-refractivity contribution is -0.384. The average molecular weight is 513 g/mol. The van der Waals surface area contributed by atoms with Crippen LogP contribution < -0.4 is 9.64 Å². The summed E-state index contributed by atoms with van der Waals surface area (Å²) in [5.41, 5.74) is 0.596. The molecule has 0 saturated carbocycles. The van der Waals surface area contributed by atoms with E-state index in [1.54, 1.807) is 35.2 Å². The summed E-state index contributed by atoms with van der Waals surface area (Å²) in [6.07, 6.45) is 0. The van der Waals surface area contributed by atoms with E-state index in [9.17, 15) is 19.7 Å². The molecule has 2 aromatic carbocycles. The number of nitro benzene ring substituents is 1. The van der Waals surface area contributed by atoms with Crippen LogP contribution in [0.25, 0.3) is 0 Å². The van der Waals surface area contributed by atoms with Gasteiger partial charge in [-0.25, -0.2) is 4.79 Å². The molecule has 0 radical (unpaired) electrons. The van der Waals surface area contributed by atoms with Crippen LogP contribution >= 0.6 is 27.5 Å². The van der Waals surface area contributed by atoms with Crippen molar-refractivity contribution in [3.8, 4) is 5.75 Å². The molecule has 1 aliphatic heterocycles. The molecule has 9 nitrogen and oxygen atoms in total. The highest BCUT2D eigenvalue weighted by atomic mass is 79.9. The second kappa shape index (κ2) is 9.97. The van der Waals surface area contributed by atoms with Crippen LogP contribution in [0.15, 0.2) is 40.9 Å². The lowest BCUT2D eigenvalue weighted by Gasteiger charge is -2.35. The van der Waals surface area contributed by atoms with Gasteiger partial charge in [0.15, 0.2) is 6.61 Å². The number of rotatable bonds is 6. The predicted octanol–water partition coefficient (Wildman–Crippen LogP) is 3.52. The fraction of sp³-hybridized carbons (Fsp3) is 0.300. The molecule has 0 aliphatic carbocycles. The minimum Gasteiger partial charge on any atom is -0.496 e. The third kappa shape index (κ3) is 5.45. The Kier molecular flexibility index (Phi) is 7.34. The highest BCUT2D eigenvalue weighted by molar-refractivity contribution is 9.10. The first-order valence-corrected chi connectivity index (χ1v) is 10.4. The third-order valence-corrected chi connectivity index (χ3v) is 5.55. The van der Waals surface area contributed by atoms with Crippen molar-refractivity contribution in [3.63, 3.8) is 0 Å². The first-order valence-electron chi connectivity index (χ1n) is 9.27. The number of carbonyl (C=O) groups is 2. The molecule has 0 atom stereocenters. The Morgan fingerprint density at radius 1 is 1.16 bits per heavy atom. The molecule has 1 saturated heterocycles. The predicted molar refractivity (Wildman–Crippen MR) is 118 cm³/mol. The maximum absolute atomic E-state index is 12.5. The Bertz CT molecular complexity index is 1010. The first-order chi connectivity index (χ1) is 14.8. The first kappa shape index (κ1) is 22.8. The summed E-state index contributed by atoms with van der Waals surface area (Å²) in [6, 6.07) is 9.37. The van der Waals surface area contributed by atoms with Gasteiger partial charge in [0.25, 0.3) is 11.6 Å². The molecular weight excluding hydrogens is 494 g/mol. The van der Waals surface area contributed by atoms with Crippen molar-refractivity contribution in [1.82, 2.24) is 4.90 Å². The number of hydrogen-bond donors (Lipinski definition) is 0. The van der Waals surface area contributed by atoms with Crippen LogP contribution in [-0.2, 0) is 9.53 Å². The zero-order valence-electron chi connectivity index (χ0n) is 16.5. The van der Waals surface area contributed by atoms with Gasteiger partial charge in [-0.3, -0.25) is 14.9 Å². The highest BCUT2D eigenvalue weighted by Crippen LogP contribution is 2.31. The van der Waals surface area contributed by atoms with Crippen molar-refractivity contribution in [1.29, 1.82) is 0 Å². The number of nitro groups is 1. The van der Waals surface area contributed by atoms with Crippen molar-refractivity contribution in [2.45, 2.75) is 0 Å². The fourth-order valence-electron chi connectivity index (χ4n) is 3.24. The summed E-state index contributed by atoms with van der Waals surface area (Å²) in [4.78, 5) is 39.0. The van der Waals surface area contributed by atoms with Gasteiger partial charge in [0.05, 0.1) is 12.0 Å². The molecule has 0 spiro atoms. The van der Waals surface area contributed by atoms with Crippen molar-refractivity contribution in [2.75, 3.05) is 44.8 Å². The standard InChI is InChI=1S/C20H19BrClN3O6/c1-30-18-10-13(21)2-4-15(18)20(27)31-12-19(26)24-8-6-23(7-9-24)16-5-3-14(22)11-17(16)25(28)29/h2-5,10-11H,6-9,12H2,1H3. The summed E-state index contributed by atoms with van der Waals surface area (Å²) < 4.78 is 11.1. The molecule has 0 N–H and O–H groups in total. The van der Waals surface area contributed by atoms with Gasteiger partial charge in [-0.2, -0.15) is 0 Å². The van der Waals surface area contributed by atoms with Gasteiger partial charge >= 0.3 is 5.97 Å². The van der Waals surface area contributed by atoms with Gasteiger partial charge in [0.1, 0.15) is 17.0 Å².